The van der Waals surface area contributed by atoms with Gasteiger partial charge in [0, 0.05) is 24.3 Å². The standard InChI is InChI=1S/C25H34N6O3/c32-22(31-33)10-6-1-2-7-17-34-20-13-11-19(12-14-20)28-25-29-23-21(15-16-26-24(23)30-25)27-18-8-4-3-5-9-18/h11-16,18,33H,1-10,17H2,(H,31,32)(H3,26,27,28,29,30). The second-order valence-electron chi connectivity index (χ2n) is 8.82. The number of carbonyl (C=O) groups is 1. The van der Waals surface area contributed by atoms with Crippen molar-refractivity contribution in [2.75, 3.05) is 17.2 Å². The summed E-state index contributed by atoms with van der Waals surface area (Å²) < 4.78 is 5.81. The summed E-state index contributed by atoms with van der Waals surface area (Å²) in [5.74, 6) is 1.14. The van der Waals surface area contributed by atoms with Gasteiger partial charge in [-0.1, -0.05) is 32.1 Å². The number of imidazole rings is 1. The Morgan fingerprint density at radius 1 is 1.06 bits per heavy atom. The van der Waals surface area contributed by atoms with E-state index < -0.39 is 0 Å². The molecule has 0 atom stereocenters. The number of nitrogens with one attached hydrogen (secondary N) is 4. The van der Waals surface area contributed by atoms with Crippen molar-refractivity contribution in [2.24, 2.45) is 0 Å². The monoisotopic (exact) mass is 466 g/mol. The first-order valence-corrected chi connectivity index (χ1v) is 12.3. The van der Waals surface area contributed by atoms with Crippen LogP contribution in [0.15, 0.2) is 36.5 Å². The molecule has 4 rings (SSSR count). The second-order valence-corrected chi connectivity index (χ2v) is 8.82. The van der Waals surface area contributed by atoms with Gasteiger partial charge in [-0.15, -0.1) is 0 Å². The number of hydroxylamine groups is 1. The summed E-state index contributed by atoms with van der Waals surface area (Å²) in [6, 6.07) is 10.3. The van der Waals surface area contributed by atoms with Crippen molar-refractivity contribution in [3.8, 4) is 5.75 Å². The van der Waals surface area contributed by atoms with E-state index in [4.69, 9.17) is 14.9 Å². The van der Waals surface area contributed by atoms with Gasteiger partial charge in [0.1, 0.15) is 11.3 Å². The summed E-state index contributed by atoms with van der Waals surface area (Å²) in [4.78, 5) is 23.4. The number of hydrogen-bond acceptors (Lipinski definition) is 7. The molecule has 0 spiro atoms. The fourth-order valence-corrected chi connectivity index (χ4v) is 4.31. The Morgan fingerprint density at radius 2 is 1.85 bits per heavy atom. The van der Waals surface area contributed by atoms with Crippen LogP contribution in [0.1, 0.15) is 64.2 Å². The quantitative estimate of drug-likeness (QED) is 0.140. The Bertz CT molecular complexity index is 1050. The van der Waals surface area contributed by atoms with E-state index >= 15 is 0 Å². The Labute approximate surface area is 199 Å². The van der Waals surface area contributed by atoms with Gasteiger partial charge in [-0.3, -0.25) is 10.0 Å². The fourth-order valence-electron chi connectivity index (χ4n) is 4.31. The summed E-state index contributed by atoms with van der Waals surface area (Å²) in [7, 11) is 0. The van der Waals surface area contributed by atoms with Gasteiger partial charge in [-0.05, 0) is 56.0 Å². The summed E-state index contributed by atoms with van der Waals surface area (Å²) in [5, 5.41) is 15.4. The zero-order chi connectivity index (χ0) is 23.6. The molecule has 0 radical (unpaired) electrons. The molecule has 1 aliphatic carbocycles. The van der Waals surface area contributed by atoms with Crippen molar-refractivity contribution >= 4 is 34.4 Å². The summed E-state index contributed by atoms with van der Waals surface area (Å²) in [6.07, 6.45) is 12.1. The SMILES string of the molecule is O=C(CCCCCCOc1ccc(Nc2nc3c(NC4CCCCC4)ccnc3[nH]2)cc1)NO. The highest BCUT2D eigenvalue weighted by molar-refractivity contribution is 5.87. The number of anilines is 3. The minimum Gasteiger partial charge on any atom is -0.494 e. The number of H-pyrrole nitrogens is 1. The highest BCUT2D eigenvalue weighted by atomic mass is 16.5. The van der Waals surface area contributed by atoms with E-state index in [1.54, 1.807) is 5.48 Å². The van der Waals surface area contributed by atoms with Gasteiger partial charge in [0.05, 0.1) is 12.3 Å². The molecule has 0 bridgehead atoms. The maximum Gasteiger partial charge on any atom is 0.243 e. The predicted octanol–water partition coefficient (Wildman–Crippen LogP) is 5.28. The van der Waals surface area contributed by atoms with Crippen LogP contribution in [-0.4, -0.2) is 38.7 Å². The van der Waals surface area contributed by atoms with E-state index in [0.717, 1.165) is 54.0 Å². The number of aromatic amines is 1. The van der Waals surface area contributed by atoms with Crippen LogP contribution in [0.4, 0.5) is 17.3 Å². The molecule has 2 heterocycles. The minimum absolute atomic E-state index is 0.333. The van der Waals surface area contributed by atoms with Crippen LogP contribution >= 0.6 is 0 Å². The van der Waals surface area contributed by atoms with Gasteiger partial charge < -0.3 is 20.4 Å². The lowest BCUT2D eigenvalue weighted by molar-refractivity contribution is -0.129. The average Bonchev–Trinajstić information content (AvgIpc) is 3.28. The Morgan fingerprint density at radius 3 is 2.65 bits per heavy atom. The molecule has 0 aliphatic heterocycles. The molecule has 3 aromatic rings. The predicted molar refractivity (Wildman–Crippen MR) is 133 cm³/mol. The van der Waals surface area contributed by atoms with Crippen molar-refractivity contribution in [2.45, 2.75) is 70.3 Å². The number of rotatable bonds is 12. The number of nitrogens with zero attached hydrogens (tertiary/aromatic N) is 2. The lowest BCUT2D eigenvalue weighted by Crippen LogP contribution is -2.22. The lowest BCUT2D eigenvalue weighted by atomic mass is 9.95. The molecule has 1 aromatic carbocycles. The summed E-state index contributed by atoms with van der Waals surface area (Å²) in [6.45, 7) is 0.630. The molecular weight excluding hydrogens is 432 g/mol. The number of pyridine rings is 1. The van der Waals surface area contributed by atoms with Crippen molar-refractivity contribution in [1.29, 1.82) is 0 Å². The Kier molecular flexibility index (Phi) is 8.56. The highest BCUT2D eigenvalue weighted by Gasteiger charge is 2.16. The molecule has 9 nitrogen and oxygen atoms in total. The van der Waals surface area contributed by atoms with Gasteiger partial charge in [-0.25, -0.2) is 15.4 Å². The number of fused-ring (bicyclic) bond motifs is 1. The molecule has 1 saturated carbocycles. The second kappa shape index (κ2) is 12.2. The number of carbonyl (C=O) groups excluding carboxylic acids is 1. The number of amides is 1. The third kappa shape index (κ3) is 6.84. The van der Waals surface area contributed by atoms with Gasteiger partial charge >= 0.3 is 0 Å². The molecule has 34 heavy (non-hydrogen) atoms. The molecule has 0 saturated heterocycles. The first-order chi connectivity index (χ1) is 16.7. The summed E-state index contributed by atoms with van der Waals surface area (Å²) >= 11 is 0. The number of benzene rings is 1. The van der Waals surface area contributed by atoms with Crippen molar-refractivity contribution in [3.63, 3.8) is 0 Å². The molecule has 1 aliphatic rings. The molecule has 1 amide bonds. The molecule has 0 unspecified atom stereocenters. The number of ether oxygens (including phenoxy) is 1. The van der Waals surface area contributed by atoms with E-state index in [2.05, 4.69) is 20.6 Å². The van der Waals surface area contributed by atoms with Gasteiger partial charge in [0.25, 0.3) is 0 Å². The normalized spacial score (nSPS) is 14.1. The van der Waals surface area contributed by atoms with Crippen LogP contribution in [0.3, 0.4) is 0 Å². The zero-order valence-electron chi connectivity index (χ0n) is 19.5. The molecular formula is C25H34N6O3. The minimum atomic E-state index is -0.333. The van der Waals surface area contributed by atoms with Crippen LogP contribution in [0, 0.1) is 0 Å². The summed E-state index contributed by atoms with van der Waals surface area (Å²) in [5.41, 5.74) is 5.21. The zero-order valence-corrected chi connectivity index (χ0v) is 19.5. The Hall–Kier alpha value is -3.33. The molecule has 1 fully saturated rings. The molecule has 9 heteroatoms. The lowest BCUT2D eigenvalue weighted by Gasteiger charge is -2.23. The van der Waals surface area contributed by atoms with Crippen molar-refractivity contribution < 1.29 is 14.7 Å². The Balaban J connectivity index is 1.25. The van der Waals surface area contributed by atoms with Crippen molar-refractivity contribution in [3.05, 3.63) is 36.5 Å². The smallest absolute Gasteiger partial charge is 0.243 e. The number of unbranched alkanes of at least 4 members (excludes halogenated alkanes) is 3. The van der Waals surface area contributed by atoms with Crippen LogP contribution in [-0.2, 0) is 4.79 Å². The van der Waals surface area contributed by atoms with Gasteiger partial charge in [0.15, 0.2) is 5.65 Å². The van der Waals surface area contributed by atoms with E-state index in [1.165, 1.54) is 32.1 Å². The van der Waals surface area contributed by atoms with E-state index in [0.29, 0.717) is 25.0 Å². The molecule has 182 valence electrons. The average molecular weight is 467 g/mol. The van der Waals surface area contributed by atoms with E-state index in [9.17, 15) is 4.79 Å². The van der Waals surface area contributed by atoms with Crippen molar-refractivity contribution in [1.82, 2.24) is 20.4 Å². The molecule has 2 aromatic heterocycles. The van der Waals surface area contributed by atoms with E-state index in [-0.39, 0.29) is 5.91 Å². The van der Waals surface area contributed by atoms with Gasteiger partial charge in [-0.2, -0.15) is 0 Å². The maximum absolute atomic E-state index is 11.0. The third-order valence-electron chi connectivity index (χ3n) is 6.16. The van der Waals surface area contributed by atoms with Crippen LogP contribution in [0.25, 0.3) is 11.2 Å². The third-order valence-corrected chi connectivity index (χ3v) is 6.16. The van der Waals surface area contributed by atoms with E-state index in [1.807, 2.05) is 36.5 Å². The van der Waals surface area contributed by atoms with Crippen LogP contribution in [0.5, 0.6) is 5.75 Å². The van der Waals surface area contributed by atoms with Crippen LogP contribution in [0.2, 0.25) is 0 Å². The number of hydrogen-bond donors (Lipinski definition) is 5. The fraction of sp³-hybridized carbons (Fsp3) is 0.480. The first-order valence-electron chi connectivity index (χ1n) is 12.3. The first kappa shape index (κ1) is 23.8. The topological polar surface area (TPSA) is 124 Å². The highest BCUT2D eigenvalue weighted by Crippen LogP contribution is 2.27. The van der Waals surface area contributed by atoms with Crippen LogP contribution < -0.4 is 20.9 Å². The maximum atomic E-state index is 11.0. The number of aromatic nitrogens is 3. The molecule has 5 N–H and O–H groups in total. The van der Waals surface area contributed by atoms with Gasteiger partial charge in [0.2, 0.25) is 11.9 Å². The largest absolute Gasteiger partial charge is 0.494 e.